The summed E-state index contributed by atoms with van der Waals surface area (Å²) in [7, 11) is 0. The van der Waals surface area contributed by atoms with Gasteiger partial charge in [0, 0.05) is 44.3 Å². The Hall–Kier alpha value is -1.42. The minimum absolute atomic E-state index is 0.297. The summed E-state index contributed by atoms with van der Waals surface area (Å²) >= 11 is 0. The van der Waals surface area contributed by atoms with Gasteiger partial charge in [-0.05, 0) is 43.7 Å². The first-order valence-corrected chi connectivity index (χ1v) is 10.2. The fourth-order valence-electron chi connectivity index (χ4n) is 5.06. The minimum atomic E-state index is 0.297. The first-order valence-electron chi connectivity index (χ1n) is 10.2. The normalized spacial score (nSPS) is 28.6. The number of aromatic nitrogens is 1. The van der Waals surface area contributed by atoms with E-state index in [-0.39, 0.29) is 0 Å². The van der Waals surface area contributed by atoms with E-state index < -0.39 is 0 Å². The van der Waals surface area contributed by atoms with Crippen LogP contribution in [0.1, 0.15) is 57.1 Å². The quantitative estimate of drug-likeness (QED) is 0.790. The van der Waals surface area contributed by atoms with Gasteiger partial charge in [0.25, 0.3) is 0 Å². The van der Waals surface area contributed by atoms with Gasteiger partial charge in [-0.25, -0.2) is 0 Å². The topological polar surface area (TPSA) is 36.4 Å². The molecule has 2 bridgehead atoms. The Bertz CT molecular complexity index is 568. The highest BCUT2D eigenvalue weighted by Gasteiger charge is 2.39. The van der Waals surface area contributed by atoms with Crippen molar-refractivity contribution in [3.8, 4) is 0 Å². The number of hydrogen-bond donors (Lipinski definition) is 0. The van der Waals surface area contributed by atoms with Crippen LogP contribution >= 0.6 is 0 Å². The van der Waals surface area contributed by atoms with Crippen LogP contribution in [0.25, 0.3) is 0 Å². The van der Waals surface area contributed by atoms with Gasteiger partial charge in [-0.1, -0.05) is 31.7 Å². The monoisotopic (exact) mass is 341 g/mol. The van der Waals surface area contributed by atoms with Crippen molar-refractivity contribution < 1.29 is 4.79 Å². The second-order valence-electron chi connectivity index (χ2n) is 8.29. The molecule has 4 nitrogen and oxygen atoms in total. The number of amides is 1. The SMILES string of the molecule is O=C(C1CCCCCC1)N1C[C@H]2CC[C@@H]1CN(Cc1ccccn1)C2. The molecule has 136 valence electrons. The zero-order valence-corrected chi connectivity index (χ0v) is 15.3. The number of hydrogen-bond acceptors (Lipinski definition) is 3. The largest absolute Gasteiger partial charge is 0.338 e. The van der Waals surface area contributed by atoms with E-state index in [1.165, 1.54) is 38.5 Å². The smallest absolute Gasteiger partial charge is 0.225 e. The number of fused-ring (bicyclic) bond motifs is 4. The summed E-state index contributed by atoms with van der Waals surface area (Å²) < 4.78 is 0. The van der Waals surface area contributed by atoms with E-state index in [1.54, 1.807) is 0 Å². The zero-order chi connectivity index (χ0) is 17.1. The lowest BCUT2D eigenvalue weighted by Crippen LogP contribution is -2.49. The first-order chi connectivity index (χ1) is 12.3. The molecule has 0 N–H and O–H groups in total. The summed E-state index contributed by atoms with van der Waals surface area (Å²) in [5.41, 5.74) is 1.14. The van der Waals surface area contributed by atoms with Crippen molar-refractivity contribution in [2.24, 2.45) is 11.8 Å². The molecule has 0 aromatic carbocycles. The molecule has 4 heteroatoms. The maximum Gasteiger partial charge on any atom is 0.225 e. The molecule has 4 aliphatic rings. The molecule has 3 aliphatic heterocycles. The molecule has 4 fully saturated rings. The lowest BCUT2D eigenvalue weighted by atomic mass is 9.91. The lowest BCUT2D eigenvalue weighted by Gasteiger charge is -2.38. The maximum absolute atomic E-state index is 13.2. The fraction of sp³-hybridized carbons (Fsp3) is 0.714. The Morgan fingerprint density at radius 3 is 2.60 bits per heavy atom. The van der Waals surface area contributed by atoms with Crippen LogP contribution in [-0.2, 0) is 11.3 Å². The van der Waals surface area contributed by atoms with E-state index in [0.29, 0.717) is 23.8 Å². The predicted octanol–water partition coefficient (Wildman–Crippen LogP) is 3.47. The highest BCUT2D eigenvalue weighted by Crippen LogP contribution is 2.32. The van der Waals surface area contributed by atoms with Crippen LogP contribution in [0.2, 0.25) is 0 Å². The summed E-state index contributed by atoms with van der Waals surface area (Å²) in [6, 6.07) is 6.57. The van der Waals surface area contributed by atoms with Crippen LogP contribution < -0.4 is 0 Å². The van der Waals surface area contributed by atoms with Crippen LogP contribution in [0, 0.1) is 11.8 Å². The minimum Gasteiger partial charge on any atom is -0.338 e. The van der Waals surface area contributed by atoms with E-state index in [2.05, 4.69) is 26.9 Å². The number of pyridine rings is 1. The Kier molecular flexibility index (Phi) is 5.35. The molecule has 0 radical (unpaired) electrons. The van der Waals surface area contributed by atoms with E-state index in [1.807, 2.05) is 12.3 Å². The molecule has 25 heavy (non-hydrogen) atoms. The number of carbonyl (C=O) groups is 1. The van der Waals surface area contributed by atoms with Gasteiger partial charge in [-0.2, -0.15) is 0 Å². The third kappa shape index (κ3) is 4.05. The van der Waals surface area contributed by atoms with Crippen LogP contribution in [0.4, 0.5) is 0 Å². The molecule has 0 unspecified atom stereocenters. The number of piperidine rings is 1. The summed E-state index contributed by atoms with van der Waals surface area (Å²) in [6.07, 6.45) is 11.7. The predicted molar refractivity (Wildman–Crippen MR) is 98.9 cm³/mol. The molecular formula is C21H31N3O. The highest BCUT2D eigenvalue weighted by molar-refractivity contribution is 5.79. The highest BCUT2D eigenvalue weighted by atomic mass is 16.2. The average Bonchev–Trinajstić information content (AvgIpc) is 3.08. The Balaban J connectivity index is 1.43. The number of rotatable bonds is 3. The van der Waals surface area contributed by atoms with Crippen molar-refractivity contribution in [3.05, 3.63) is 30.1 Å². The van der Waals surface area contributed by atoms with Crippen LogP contribution in [-0.4, -0.2) is 46.4 Å². The molecular weight excluding hydrogens is 310 g/mol. The van der Waals surface area contributed by atoms with Crippen LogP contribution in [0.3, 0.4) is 0 Å². The van der Waals surface area contributed by atoms with Crippen molar-refractivity contribution >= 4 is 5.91 Å². The van der Waals surface area contributed by atoms with Gasteiger partial charge >= 0.3 is 0 Å². The molecule has 1 aromatic rings. The van der Waals surface area contributed by atoms with Crippen molar-refractivity contribution in [1.29, 1.82) is 0 Å². The summed E-state index contributed by atoms with van der Waals surface area (Å²) in [5, 5.41) is 0. The van der Waals surface area contributed by atoms with Gasteiger partial charge in [-0.15, -0.1) is 0 Å². The van der Waals surface area contributed by atoms with Gasteiger partial charge in [0.2, 0.25) is 5.91 Å². The van der Waals surface area contributed by atoms with E-state index >= 15 is 0 Å². The molecule has 1 saturated carbocycles. The second-order valence-corrected chi connectivity index (χ2v) is 8.29. The maximum atomic E-state index is 13.2. The third-order valence-corrected chi connectivity index (χ3v) is 6.39. The van der Waals surface area contributed by atoms with E-state index in [4.69, 9.17) is 0 Å². The molecule has 3 saturated heterocycles. The third-order valence-electron chi connectivity index (χ3n) is 6.39. The van der Waals surface area contributed by atoms with Crippen LogP contribution in [0.5, 0.6) is 0 Å². The molecule has 1 aliphatic carbocycles. The van der Waals surface area contributed by atoms with Gasteiger partial charge in [0.05, 0.1) is 5.69 Å². The standard InChI is InChI=1S/C21H31N3O/c25-21(18-7-3-1-2-4-8-18)24-14-17-10-11-20(24)16-23(13-17)15-19-9-5-6-12-22-19/h5-6,9,12,17-18,20H,1-4,7-8,10-11,13-16H2/t17-,20+/m0/s1. The molecule has 2 atom stereocenters. The summed E-state index contributed by atoms with van der Waals surface area (Å²) in [6.45, 7) is 4.03. The summed E-state index contributed by atoms with van der Waals surface area (Å²) in [5.74, 6) is 1.40. The Morgan fingerprint density at radius 1 is 1.00 bits per heavy atom. The van der Waals surface area contributed by atoms with E-state index in [9.17, 15) is 4.79 Å². The Morgan fingerprint density at radius 2 is 1.84 bits per heavy atom. The van der Waals surface area contributed by atoms with Crippen molar-refractivity contribution in [2.75, 3.05) is 19.6 Å². The molecule has 1 aromatic heterocycles. The van der Waals surface area contributed by atoms with Gasteiger partial charge in [0.1, 0.15) is 0 Å². The molecule has 5 rings (SSSR count). The number of nitrogens with zero attached hydrogens (tertiary/aromatic N) is 3. The van der Waals surface area contributed by atoms with Gasteiger partial charge < -0.3 is 4.90 Å². The van der Waals surface area contributed by atoms with Crippen molar-refractivity contribution in [1.82, 2.24) is 14.8 Å². The average molecular weight is 341 g/mol. The molecule has 0 spiro atoms. The number of carbonyl (C=O) groups excluding carboxylic acids is 1. The van der Waals surface area contributed by atoms with E-state index in [0.717, 1.165) is 44.7 Å². The summed E-state index contributed by atoms with van der Waals surface area (Å²) in [4.78, 5) is 22.5. The lowest BCUT2D eigenvalue weighted by molar-refractivity contribution is -0.140. The van der Waals surface area contributed by atoms with Gasteiger partial charge in [0.15, 0.2) is 0 Å². The Labute approximate surface area is 151 Å². The van der Waals surface area contributed by atoms with Crippen molar-refractivity contribution in [3.63, 3.8) is 0 Å². The first kappa shape index (κ1) is 17.0. The van der Waals surface area contributed by atoms with Crippen LogP contribution in [0.15, 0.2) is 24.4 Å². The van der Waals surface area contributed by atoms with Crippen molar-refractivity contribution in [2.45, 2.75) is 64.0 Å². The van der Waals surface area contributed by atoms with Gasteiger partial charge in [-0.3, -0.25) is 14.7 Å². The molecule has 4 heterocycles. The fourth-order valence-corrected chi connectivity index (χ4v) is 5.06. The zero-order valence-electron chi connectivity index (χ0n) is 15.3. The second kappa shape index (κ2) is 7.86. The molecule has 1 amide bonds.